The van der Waals surface area contributed by atoms with Crippen LogP contribution in [0.5, 0.6) is 0 Å². The number of rotatable bonds is 4. The molecule has 14 heavy (non-hydrogen) atoms. The summed E-state index contributed by atoms with van der Waals surface area (Å²) in [5, 5.41) is 8.55. The molecule has 1 unspecified atom stereocenters. The van der Waals surface area contributed by atoms with E-state index in [2.05, 4.69) is 0 Å². The fourth-order valence-electron chi connectivity index (χ4n) is 1.41. The Labute approximate surface area is 82.4 Å². The standard InChI is InChI=1S/C11H13FO2/c1-2-5-8-6-3-4-7-9(8)10(12)11(13)14/h3-4,6-7,10H,2,5H2,1H3,(H,13,14). The lowest BCUT2D eigenvalue weighted by molar-refractivity contribution is -0.143. The van der Waals surface area contributed by atoms with Crippen molar-refractivity contribution in [2.75, 3.05) is 0 Å². The van der Waals surface area contributed by atoms with Gasteiger partial charge in [0.2, 0.25) is 6.17 Å². The van der Waals surface area contributed by atoms with Gasteiger partial charge in [-0.15, -0.1) is 0 Å². The number of benzene rings is 1. The summed E-state index contributed by atoms with van der Waals surface area (Å²) in [5.74, 6) is -1.42. The van der Waals surface area contributed by atoms with Crippen molar-refractivity contribution in [1.82, 2.24) is 0 Å². The average molecular weight is 196 g/mol. The Bertz CT molecular complexity index is 323. The lowest BCUT2D eigenvalue weighted by Crippen LogP contribution is -2.08. The van der Waals surface area contributed by atoms with Gasteiger partial charge in [-0.25, -0.2) is 9.18 Å². The van der Waals surface area contributed by atoms with Crippen molar-refractivity contribution in [1.29, 1.82) is 0 Å². The summed E-state index contributed by atoms with van der Waals surface area (Å²) < 4.78 is 13.2. The lowest BCUT2D eigenvalue weighted by Gasteiger charge is -2.09. The van der Waals surface area contributed by atoms with Gasteiger partial charge in [-0.3, -0.25) is 0 Å². The number of carboxylic acid groups (broad SMARTS) is 1. The highest BCUT2D eigenvalue weighted by atomic mass is 19.1. The summed E-state index contributed by atoms with van der Waals surface area (Å²) in [5.41, 5.74) is 1.06. The Hall–Kier alpha value is -1.38. The summed E-state index contributed by atoms with van der Waals surface area (Å²) in [4.78, 5) is 10.5. The number of alkyl halides is 1. The van der Waals surface area contributed by atoms with Crippen molar-refractivity contribution in [3.8, 4) is 0 Å². The first-order valence-electron chi connectivity index (χ1n) is 4.61. The Morgan fingerprint density at radius 2 is 2.14 bits per heavy atom. The molecule has 0 spiro atoms. The number of carboxylic acids is 1. The van der Waals surface area contributed by atoms with Crippen LogP contribution in [0.3, 0.4) is 0 Å². The monoisotopic (exact) mass is 196 g/mol. The van der Waals surface area contributed by atoms with Crippen molar-refractivity contribution in [2.45, 2.75) is 25.9 Å². The molecule has 0 aliphatic carbocycles. The van der Waals surface area contributed by atoms with Crippen LogP contribution in [0.15, 0.2) is 24.3 Å². The van der Waals surface area contributed by atoms with Crippen molar-refractivity contribution >= 4 is 5.97 Å². The number of aryl methyl sites for hydroxylation is 1. The van der Waals surface area contributed by atoms with Crippen LogP contribution >= 0.6 is 0 Å². The SMILES string of the molecule is CCCc1ccccc1C(F)C(=O)O. The fraction of sp³-hybridized carbons (Fsp3) is 0.364. The molecule has 2 nitrogen and oxygen atoms in total. The molecule has 76 valence electrons. The average Bonchev–Trinajstić information content (AvgIpc) is 2.18. The first kappa shape index (κ1) is 10.7. The minimum Gasteiger partial charge on any atom is -0.479 e. The van der Waals surface area contributed by atoms with Gasteiger partial charge in [-0.2, -0.15) is 0 Å². The molecule has 0 aliphatic rings. The topological polar surface area (TPSA) is 37.3 Å². The summed E-state index contributed by atoms with van der Waals surface area (Å²) >= 11 is 0. The molecule has 1 rings (SSSR count). The molecule has 1 atom stereocenters. The molecule has 1 aromatic carbocycles. The summed E-state index contributed by atoms with van der Waals surface area (Å²) in [6.07, 6.45) is -0.314. The minimum absolute atomic E-state index is 0.279. The van der Waals surface area contributed by atoms with E-state index in [1.807, 2.05) is 6.92 Å². The Morgan fingerprint density at radius 3 is 2.71 bits per heavy atom. The molecular formula is C11H13FO2. The molecule has 0 aromatic heterocycles. The van der Waals surface area contributed by atoms with E-state index in [0.29, 0.717) is 6.42 Å². The van der Waals surface area contributed by atoms with Gasteiger partial charge in [0.05, 0.1) is 0 Å². The van der Waals surface area contributed by atoms with Gasteiger partial charge < -0.3 is 5.11 Å². The van der Waals surface area contributed by atoms with Gasteiger partial charge in [0.25, 0.3) is 0 Å². The Balaban J connectivity index is 3.00. The lowest BCUT2D eigenvalue weighted by atomic mass is 10.00. The Morgan fingerprint density at radius 1 is 1.50 bits per heavy atom. The summed E-state index contributed by atoms with van der Waals surface area (Å²) in [6, 6.07) is 6.76. The highest BCUT2D eigenvalue weighted by molar-refractivity contribution is 5.74. The van der Waals surface area contributed by atoms with Crippen LogP contribution in [0.25, 0.3) is 0 Å². The normalized spacial score (nSPS) is 12.4. The summed E-state index contributed by atoms with van der Waals surface area (Å²) in [7, 11) is 0. The van der Waals surface area contributed by atoms with Crippen molar-refractivity contribution in [2.24, 2.45) is 0 Å². The van der Waals surface area contributed by atoms with Crippen LogP contribution in [-0.2, 0) is 11.2 Å². The maximum Gasteiger partial charge on any atom is 0.343 e. The third-order valence-corrected chi connectivity index (χ3v) is 2.06. The van der Waals surface area contributed by atoms with Crippen LogP contribution in [-0.4, -0.2) is 11.1 Å². The third kappa shape index (κ3) is 2.31. The van der Waals surface area contributed by atoms with Gasteiger partial charge >= 0.3 is 5.97 Å². The van der Waals surface area contributed by atoms with Crippen LogP contribution in [0.1, 0.15) is 30.6 Å². The molecule has 0 radical (unpaired) electrons. The van der Waals surface area contributed by atoms with Gasteiger partial charge in [-0.1, -0.05) is 37.6 Å². The molecular weight excluding hydrogens is 183 g/mol. The molecule has 1 aromatic rings. The first-order chi connectivity index (χ1) is 6.66. The molecule has 3 heteroatoms. The molecule has 0 aliphatic heterocycles. The highest BCUT2D eigenvalue weighted by Gasteiger charge is 2.20. The third-order valence-electron chi connectivity index (χ3n) is 2.06. The Kier molecular flexibility index (Phi) is 3.63. The number of hydrogen-bond acceptors (Lipinski definition) is 1. The van der Waals surface area contributed by atoms with Gasteiger partial charge in [0, 0.05) is 5.56 Å². The van der Waals surface area contributed by atoms with Crippen LogP contribution in [0.4, 0.5) is 4.39 Å². The van der Waals surface area contributed by atoms with E-state index in [-0.39, 0.29) is 5.56 Å². The predicted octanol–water partition coefficient (Wildman–Crippen LogP) is 2.73. The molecule has 0 fully saturated rings. The molecule has 0 saturated carbocycles. The minimum atomic E-state index is -1.90. The number of halogens is 1. The van der Waals surface area contributed by atoms with E-state index in [1.165, 1.54) is 6.07 Å². The van der Waals surface area contributed by atoms with Gasteiger partial charge in [0.15, 0.2) is 0 Å². The molecule has 0 saturated heterocycles. The second kappa shape index (κ2) is 4.74. The maximum atomic E-state index is 13.2. The van der Waals surface area contributed by atoms with Crippen molar-refractivity contribution in [3.05, 3.63) is 35.4 Å². The number of aliphatic carboxylic acids is 1. The zero-order valence-corrected chi connectivity index (χ0v) is 8.03. The van der Waals surface area contributed by atoms with E-state index < -0.39 is 12.1 Å². The van der Waals surface area contributed by atoms with Crippen LogP contribution in [0, 0.1) is 0 Å². The van der Waals surface area contributed by atoms with E-state index in [4.69, 9.17) is 5.11 Å². The predicted molar refractivity (Wildman–Crippen MR) is 51.9 cm³/mol. The quantitative estimate of drug-likeness (QED) is 0.803. The smallest absolute Gasteiger partial charge is 0.343 e. The van der Waals surface area contributed by atoms with E-state index >= 15 is 0 Å². The molecule has 0 amide bonds. The second-order valence-electron chi connectivity index (χ2n) is 3.15. The second-order valence-corrected chi connectivity index (χ2v) is 3.15. The molecule has 0 heterocycles. The first-order valence-corrected chi connectivity index (χ1v) is 4.61. The van der Waals surface area contributed by atoms with Crippen molar-refractivity contribution < 1.29 is 14.3 Å². The molecule has 0 bridgehead atoms. The highest BCUT2D eigenvalue weighted by Crippen LogP contribution is 2.22. The van der Waals surface area contributed by atoms with Crippen molar-refractivity contribution in [3.63, 3.8) is 0 Å². The van der Waals surface area contributed by atoms with Crippen LogP contribution < -0.4 is 0 Å². The maximum absolute atomic E-state index is 13.2. The summed E-state index contributed by atoms with van der Waals surface area (Å²) in [6.45, 7) is 1.98. The van der Waals surface area contributed by atoms with Crippen LogP contribution in [0.2, 0.25) is 0 Å². The zero-order chi connectivity index (χ0) is 10.6. The number of hydrogen-bond donors (Lipinski definition) is 1. The zero-order valence-electron chi connectivity index (χ0n) is 8.03. The number of carbonyl (C=O) groups is 1. The largest absolute Gasteiger partial charge is 0.479 e. The molecule has 1 N–H and O–H groups in total. The van der Waals surface area contributed by atoms with Gasteiger partial charge in [0.1, 0.15) is 0 Å². The fourth-order valence-corrected chi connectivity index (χ4v) is 1.41. The van der Waals surface area contributed by atoms with Gasteiger partial charge in [-0.05, 0) is 12.0 Å². The van der Waals surface area contributed by atoms with E-state index in [9.17, 15) is 9.18 Å². The van der Waals surface area contributed by atoms with E-state index in [0.717, 1.165) is 12.0 Å². The van der Waals surface area contributed by atoms with E-state index in [1.54, 1.807) is 18.2 Å².